The van der Waals surface area contributed by atoms with Gasteiger partial charge in [-0.1, -0.05) is 0 Å². The van der Waals surface area contributed by atoms with Crippen molar-refractivity contribution in [3.8, 4) is 0 Å². The second-order valence-electron chi connectivity index (χ2n) is 9.06. The molecule has 0 spiro atoms. The molecule has 4 rings (SSSR count). The van der Waals surface area contributed by atoms with Crippen LogP contribution < -0.4 is 16.2 Å². The molecule has 2 aromatic heterocycles. The van der Waals surface area contributed by atoms with Gasteiger partial charge in [-0.2, -0.15) is 13.2 Å². The molecule has 1 amide bonds. The molecule has 0 radical (unpaired) electrons. The number of hydrogen-bond acceptors (Lipinski definition) is 6. The summed E-state index contributed by atoms with van der Waals surface area (Å²) in [7, 11) is 3.66. The van der Waals surface area contributed by atoms with Gasteiger partial charge < -0.3 is 15.5 Å². The number of carbonyl (C=O) groups is 1. The summed E-state index contributed by atoms with van der Waals surface area (Å²) in [6, 6.07) is 4.64. The number of likely N-dealkylation sites (N-methyl/N-ethyl adjacent to an activating group) is 1. The van der Waals surface area contributed by atoms with Crippen molar-refractivity contribution in [1.82, 2.24) is 19.4 Å². The van der Waals surface area contributed by atoms with Gasteiger partial charge in [-0.05, 0) is 56.8 Å². The second-order valence-corrected chi connectivity index (χ2v) is 9.06. The molecule has 1 unspecified atom stereocenters. The highest BCUT2D eigenvalue weighted by Gasteiger charge is 2.32. The third-order valence-corrected chi connectivity index (χ3v) is 6.32. The monoisotopic (exact) mass is 488 g/mol. The lowest BCUT2D eigenvalue weighted by Crippen LogP contribution is -2.25. The largest absolute Gasteiger partial charge is 0.416 e. The quantitative estimate of drug-likeness (QED) is 0.566. The van der Waals surface area contributed by atoms with Gasteiger partial charge in [0.1, 0.15) is 17.8 Å². The van der Waals surface area contributed by atoms with E-state index in [4.69, 9.17) is 0 Å². The minimum absolute atomic E-state index is 0.0542. The second kappa shape index (κ2) is 9.29. The van der Waals surface area contributed by atoms with Crippen molar-refractivity contribution in [3.63, 3.8) is 0 Å². The molecular formula is C24H27F3N6O2. The zero-order chi connectivity index (χ0) is 25.5. The van der Waals surface area contributed by atoms with Crippen molar-refractivity contribution in [2.75, 3.05) is 30.8 Å². The molecule has 8 nitrogen and oxygen atoms in total. The van der Waals surface area contributed by atoms with E-state index in [-0.39, 0.29) is 17.2 Å². The first-order chi connectivity index (χ1) is 16.4. The highest BCUT2D eigenvalue weighted by molar-refractivity contribution is 5.89. The molecule has 186 valence electrons. The Kier molecular flexibility index (Phi) is 6.54. The Balaban J connectivity index is 1.75. The van der Waals surface area contributed by atoms with Crippen molar-refractivity contribution < 1.29 is 18.0 Å². The first kappa shape index (κ1) is 24.6. The predicted molar refractivity (Wildman–Crippen MR) is 127 cm³/mol. The van der Waals surface area contributed by atoms with Crippen LogP contribution in [0.15, 0.2) is 35.4 Å². The van der Waals surface area contributed by atoms with Gasteiger partial charge in [0.25, 0.3) is 5.56 Å². The molecular weight excluding hydrogens is 461 g/mol. The minimum Gasteiger partial charge on any atom is -0.363 e. The van der Waals surface area contributed by atoms with Gasteiger partial charge in [-0.3, -0.25) is 14.2 Å². The zero-order valence-electron chi connectivity index (χ0n) is 19.9. The van der Waals surface area contributed by atoms with Crippen molar-refractivity contribution in [2.45, 2.75) is 38.4 Å². The first-order valence-corrected chi connectivity index (χ1v) is 11.2. The standard InChI is InChI=1S/C24H27F3N6O2/c1-13(16-7-17(24(25,26)27)9-18(8-16)31-14(2)34)30-21-20-10-19(15-5-6-32(3)11-15)23(35)33(4)22(20)29-12-28-21/h7-10,12-13,15H,5-6,11H2,1-4H3,(H,31,34)(H,28,29,30)/t13-,15?/m1/s1. The van der Waals surface area contributed by atoms with Crippen LogP contribution >= 0.6 is 0 Å². The smallest absolute Gasteiger partial charge is 0.363 e. The number of aryl methyl sites for hydroxylation is 1. The van der Waals surface area contributed by atoms with E-state index in [0.717, 1.165) is 31.6 Å². The fourth-order valence-electron chi connectivity index (χ4n) is 4.52. The summed E-state index contributed by atoms with van der Waals surface area (Å²) in [4.78, 5) is 35.2. The summed E-state index contributed by atoms with van der Waals surface area (Å²) in [6.45, 7) is 4.60. The van der Waals surface area contributed by atoms with Gasteiger partial charge >= 0.3 is 6.18 Å². The third-order valence-electron chi connectivity index (χ3n) is 6.32. The number of likely N-dealkylation sites (tertiary alicyclic amines) is 1. The Hall–Kier alpha value is -3.47. The van der Waals surface area contributed by atoms with Crippen LogP contribution in [0.5, 0.6) is 0 Å². The zero-order valence-corrected chi connectivity index (χ0v) is 19.9. The first-order valence-electron chi connectivity index (χ1n) is 11.2. The average Bonchev–Trinajstić information content (AvgIpc) is 3.21. The van der Waals surface area contributed by atoms with E-state index >= 15 is 0 Å². The number of benzene rings is 1. The molecule has 1 saturated heterocycles. The number of pyridine rings is 1. The normalized spacial score (nSPS) is 17.5. The number of aromatic nitrogens is 3. The average molecular weight is 489 g/mol. The summed E-state index contributed by atoms with van der Waals surface area (Å²) >= 11 is 0. The van der Waals surface area contributed by atoms with Crippen molar-refractivity contribution in [1.29, 1.82) is 0 Å². The number of alkyl halides is 3. The number of hydrogen-bond donors (Lipinski definition) is 2. The molecule has 1 fully saturated rings. The van der Waals surface area contributed by atoms with Crippen LogP contribution in [0.2, 0.25) is 0 Å². The van der Waals surface area contributed by atoms with Crippen molar-refractivity contribution in [3.05, 3.63) is 57.6 Å². The van der Waals surface area contributed by atoms with Crippen molar-refractivity contribution >= 4 is 28.4 Å². The molecule has 1 aromatic carbocycles. The number of nitrogens with one attached hydrogen (secondary N) is 2. The number of carbonyl (C=O) groups excluding carboxylic acids is 1. The van der Waals surface area contributed by atoms with Gasteiger partial charge in [0.15, 0.2) is 0 Å². The van der Waals surface area contributed by atoms with E-state index in [0.29, 0.717) is 28.0 Å². The number of fused-ring (bicyclic) bond motifs is 1. The van der Waals surface area contributed by atoms with E-state index in [1.165, 1.54) is 23.9 Å². The van der Waals surface area contributed by atoms with Crippen LogP contribution in [-0.4, -0.2) is 45.5 Å². The minimum atomic E-state index is -4.58. The van der Waals surface area contributed by atoms with Crippen molar-refractivity contribution in [2.24, 2.45) is 7.05 Å². The van der Waals surface area contributed by atoms with E-state index in [2.05, 4.69) is 25.5 Å². The van der Waals surface area contributed by atoms with Crippen LogP contribution in [0.25, 0.3) is 11.0 Å². The number of halogens is 3. The molecule has 2 N–H and O–H groups in total. The SMILES string of the molecule is CC(=O)Nc1cc([C@@H](C)Nc2ncnc3c2cc(C2CCN(C)C2)c(=O)n3C)cc(C(F)(F)F)c1. The van der Waals surface area contributed by atoms with E-state index in [1.54, 1.807) is 20.0 Å². The summed E-state index contributed by atoms with van der Waals surface area (Å²) in [5, 5.41) is 6.22. The molecule has 2 atom stereocenters. The molecule has 0 bridgehead atoms. The highest BCUT2D eigenvalue weighted by atomic mass is 19.4. The third kappa shape index (κ3) is 5.14. The lowest BCUT2D eigenvalue weighted by Gasteiger charge is -2.20. The topological polar surface area (TPSA) is 92.2 Å². The Morgan fingerprint density at radius 2 is 1.91 bits per heavy atom. The van der Waals surface area contributed by atoms with Crippen LogP contribution in [0.3, 0.4) is 0 Å². The number of rotatable bonds is 5. The summed E-state index contributed by atoms with van der Waals surface area (Å²) in [5.74, 6) is 0.0186. The molecule has 35 heavy (non-hydrogen) atoms. The van der Waals surface area contributed by atoms with Crippen LogP contribution in [0, 0.1) is 0 Å². The maximum atomic E-state index is 13.5. The van der Waals surface area contributed by atoms with Crippen LogP contribution in [-0.2, 0) is 18.0 Å². The fraction of sp³-hybridized carbons (Fsp3) is 0.417. The predicted octanol–water partition coefficient (Wildman–Crippen LogP) is 3.90. The van der Waals surface area contributed by atoms with Gasteiger partial charge in [0, 0.05) is 37.7 Å². The molecule has 0 saturated carbocycles. The molecule has 3 heterocycles. The van der Waals surface area contributed by atoms with Gasteiger partial charge in [0.2, 0.25) is 5.91 Å². The molecule has 0 aliphatic carbocycles. The molecule has 1 aliphatic heterocycles. The van der Waals surface area contributed by atoms with Gasteiger partial charge in [-0.25, -0.2) is 9.97 Å². The summed E-state index contributed by atoms with van der Waals surface area (Å²) < 4.78 is 42.0. The summed E-state index contributed by atoms with van der Waals surface area (Å²) in [5.41, 5.74) is 0.485. The fourth-order valence-corrected chi connectivity index (χ4v) is 4.52. The van der Waals surface area contributed by atoms with Gasteiger partial charge in [0.05, 0.1) is 17.0 Å². The maximum absolute atomic E-state index is 13.5. The van der Waals surface area contributed by atoms with E-state index < -0.39 is 23.7 Å². The Morgan fingerprint density at radius 1 is 1.17 bits per heavy atom. The molecule has 1 aliphatic rings. The lowest BCUT2D eigenvalue weighted by atomic mass is 9.98. The Morgan fingerprint density at radius 3 is 2.54 bits per heavy atom. The Bertz CT molecular complexity index is 1340. The highest BCUT2D eigenvalue weighted by Crippen LogP contribution is 2.35. The molecule has 11 heteroatoms. The van der Waals surface area contributed by atoms with Crippen LogP contribution in [0.1, 0.15) is 48.9 Å². The van der Waals surface area contributed by atoms with E-state index in [1.807, 2.05) is 7.05 Å². The number of amides is 1. The van der Waals surface area contributed by atoms with Crippen LogP contribution in [0.4, 0.5) is 24.7 Å². The lowest BCUT2D eigenvalue weighted by molar-refractivity contribution is -0.137. The van der Waals surface area contributed by atoms with E-state index in [9.17, 15) is 22.8 Å². The summed E-state index contributed by atoms with van der Waals surface area (Å²) in [6.07, 6.45) is -2.40. The maximum Gasteiger partial charge on any atom is 0.416 e. The number of anilines is 2. The Labute approximate surface area is 200 Å². The van der Waals surface area contributed by atoms with Gasteiger partial charge in [-0.15, -0.1) is 0 Å². The number of nitrogens with zero attached hydrogens (tertiary/aromatic N) is 4. The molecule has 3 aromatic rings.